The summed E-state index contributed by atoms with van der Waals surface area (Å²) in [6, 6.07) is 89.6. The Balaban J connectivity index is 1.09. The van der Waals surface area contributed by atoms with E-state index >= 15 is 0 Å². The first-order valence-corrected chi connectivity index (χ1v) is 22.8. The average molecular weight is 833 g/mol. The maximum atomic E-state index is 2.50. The second-order valence-corrected chi connectivity index (χ2v) is 17.9. The summed E-state index contributed by atoms with van der Waals surface area (Å²) in [6.07, 6.45) is 0. The molecule has 0 atom stereocenters. The number of fused-ring (bicyclic) bond motifs is 9. The van der Waals surface area contributed by atoms with E-state index < -0.39 is 5.41 Å². The van der Waals surface area contributed by atoms with E-state index in [0.29, 0.717) is 0 Å². The molecule has 64 heavy (non-hydrogen) atoms. The van der Waals surface area contributed by atoms with Gasteiger partial charge in [0.2, 0.25) is 0 Å². The zero-order valence-corrected chi connectivity index (χ0v) is 35.7. The van der Waals surface area contributed by atoms with Crippen molar-refractivity contribution in [3.63, 3.8) is 0 Å². The van der Waals surface area contributed by atoms with Crippen LogP contribution in [0.4, 0.5) is 17.1 Å². The molecule has 2 nitrogen and oxygen atoms in total. The highest BCUT2D eigenvalue weighted by Gasteiger charge is 2.46. The Labute approximate surface area is 376 Å². The van der Waals surface area contributed by atoms with Crippen molar-refractivity contribution < 1.29 is 0 Å². The second-order valence-electron chi connectivity index (χ2n) is 16.8. The molecule has 0 aliphatic heterocycles. The van der Waals surface area contributed by atoms with Gasteiger partial charge in [0.15, 0.2) is 0 Å². The van der Waals surface area contributed by atoms with Crippen LogP contribution in [0.5, 0.6) is 0 Å². The summed E-state index contributed by atoms with van der Waals surface area (Å²) in [4.78, 5) is 2.47. The van der Waals surface area contributed by atoms with Crippen LogP contribution in [0.25, 0.3) is 69.9 Å². The van der Waals surface area contributed by atoms with Crippen LogP contribution in [-0.4, -0.2) is 4.57 Å². The summed E-state index contributed by atoms with van der Waals surface area (Å²) < 4.78 is 5.00. The van der Waals surface area contributed by atoms with E-state index in [1.165, 1.54) is 92.2 Å². The molecule has 0 amide bonds. The van der Waals surface area contributed by atoms with Crippen LogP contribution in [0.15, 0.2) is 243 Å². The molecule has 0 saturated carbocycles. The number of hydrogen-bond acceptors (Lipinski definition) is 2. The summed E-state index contributed by atoms with van der Waals surface area (Å²) in [5, 5.41) is 4.99. The van der Waals surface area contributed by atoms with Gasteiger partial charge >= 0.3 is 0 Å². The first kappa shape index (κ1) is 36.7. The third kappa shape index (κ3) is 5.44. The average Bonchev–Trinajstić information content (AvgIpc) is 4.02. The summed E-state index contributed by atoms with van der Waals surface area (Å²) in [5.41, 5.74) is 16.5. The number of nitrogens with zero attached hydrogens (tertiary/aromatic N) is 2. The van der Waals surface area contributed by atoms with Crippen LogP contribution in [0.1, 0.15) is 22.3 Å². The van der Waals surface area contributed by atoms with E-state index in [-0.39, 0.29) is 0 Å². The van der Waals surface area contributed by atoms with Crippen LogP contribution in [-0.2, 0) is 5.41 Å². The molecule has 1 aliphatic rings. The molecule has 0 saturated heterocycles. The van der Waals surface area contributed by atoms with Gasteiger partial charge in [-0.25, -0.2) is 0 Å². The summed E-state index contributed by atoms with van der Waals surface area (Å²) >= 11 is 1.87. The van der Waals surface area contributed by atoms with Crippen LogP contribution >= 0.6 is 11.3 Å². The fraction of sp³-hybridized carbons (Fsp3) is 0.0164. The maximum Gasteiger partial charge on any atom is 0.0713 e. The summed E-state index contributed by atoms with van der Waals surface area (Å²) in [5.74, 6) is 0. The number of hydrogen-bond donors (Lipinski definition) is 0. The molecule has 13 rings (SSSR count). The van der Waals surface area contributed by atoms with Crippen LogP contribution < -0.4 is 4.90 Å². The van der Waals surface area contributed by atoms with Crippen molar-refractivity contribution in [2.45, 2.75) is 5.41 Å². The van der Waals surface area contributed by atoms with Gasteiger partial charge in [-0.15, -0.1) is 11.3 Å². The van der Waals surface area contributed by atoms with Crippen LogP contribution in [0, 0.1) is 0 Å². The highest BCUT2D eigenvalue weighted by Crippen LogP contribution is 2.57. The maximum absolute atomic E-state index is 2.50. The lowest BCUT2D eigenvalue weighted by Crippen LogP contribution is -2.28. The van der Waals surface area contributed by atoms with E-state index in [9.17, 15) is 0 Å². The molecular formula is C61H40N2S. The van der Waals surface area contributed by atoms with Crippen molar-refractivity contribution in [1.82, 2.24) is 4.57 Å². The highest BCUT2D eigenvalue weighted by molar-refractivity contribution is 7.26. The van der Waals surface area contributed by atoms with Gasteiger partial charge in [0.1, 0.15) is 0 Å². The molecule has 0 bridgehead atoms. The molecule has 12 aromatic rings. The normalized spacial score (nSPS) is 12.8. The lowest BCUT2D eigenvalue weighted by atomic mass is 9.67. The van der Waals surface area contributed by atoms with Crippen LogP contribution in [0.2, 0.25) is 0 Å². The van der Waals surface area contributed by atoms with Crippen molar-refractivity contribution in [1.29, 1.82) is 0 Å². The molecule has 0 radical (unpaired) electrons. The first-order chi connectivity index (χ1) is 31.8. The Kier molecular flexibility index (Phi) is 8.34. The molecule has 300 valence electrons. The zero-order chi connectivity index (χ0) is 42.2. The van der Waals surface area contributed by atoms with Gasteiger partial charge in [-0.05, 0) is 111 Å². The number of thiophene rings is 1. The topological polar surface area (TPSA) is 8.17 Å². The number of benzene rings is 10. The number of anilines is 3. The predicted octanol–water partition coefficient (Wildman–Crippen LogP) is 16.7. The van der Waals surface area contributed by atoms with Crippen molar-refractivity contribution in [2.24, 2.45) is 0 Å². The van der Waals surface area contributed by atoms with Gasteiger partial charge in [-0.3, -0.25) is 0 Å². The van der Waals surface area contributed by atoms with Crippen molar-refractivity contribution in [3.8, 4) is 27.9 Å². The van der Waals surface area contributed by atoms with E-state index in [1.54, 1.807) is 0 Å². The Morgan fingerprint density at radius 3 is 1.67 bits per heavy atom. The Morgan fingerprint density at radius 1 is 0.375 bits per heavy atom. The van der Waals surface area contributed by atoms with Crippen molar-refractivity contribution >= 4 is 70.4 Å². The predicted molar refractivity (Wildman–Crippen MR) is 271 cm³/mol. The summed E-state index contributed by atoms with van der Waals surface area (Å²) in [6.45, 7) is 0. The molecule has 10 aromatic carbocycles. The molecular weight excluding hydrogens is 793 g/mol. The van der Waals surface area contributed by atoms with E-state index in [0.717, 1.165) is 17.1 Å². The van der Waals surface area contributed by atoms with E-state index in [4.69, 9.17) is 0 Å². The molecule has 3 heteroatoms. The quantitative estimate of drug-likeness (QED) is 0.155. The Hall–Kier alpha value is -7.98. The molecule has 2 aromatic heterocycles. The molecule has 0 spiro atoms. The highest BCUT2D eigenvalue weighted by atomic mass is 32.1. The fourth-order valence-electron chi connectivity index (χ4n) is 10.7. The molecule has 0 fully saturated rings. The van der Waals surface area contributed by atoms with Gasteiger partial charge in [0.05, 0.1) is 26.8 Å². The van der Waals surface area contributed by atoms with E-state index in [1.807, 2.05) is 11.3 Å². The Bertz CT molecular complexity index is 3670. The minimum atomic E-state index is -0.509. The monoisotopic (exact) mass is 832 g/mol. The zero-order valence-electron chi connectivity index (χ0n) is 34.9. The van der Waals surface area contributed by atoms with Gasteiger partial charge in [0, 0.05) is 43.3 Å². The third-order valence-electron chi connectivity index (χ3n) is 13.5. The second kappa shape index (κ2) is 14.6. The standard InChI is InChI=1S/C61H40N2S/c1-4-17-41(18-5-1)42-31-34-46(35-32-42)62(58-29-16-26-51-50-25-12-15-30-59(50)64-60(51)58)47-36-38-57-53(40-47)52-39-44(33-37-56(52)63(57)45-21-8-3-9-22-45)61(43-19-6-2-7-20-43)54-27-13-10-23-48(54)49-24-11-14-28-55(49)61/h1-40H. The first-order valence-electron chi connectivity index (χ1n) is 22.0. The number of para-hydroxylation sites is 1. The van der Waals surface area contributed by atoms with Gasteiger partial charge in [0.25, 0.3) is 0 Å². The SMILES string of the molecule is c1ccc(-c2ccc(N(c3ccc4c(c3)c3cc(C5(c6ccccc6)c6ccccc6-c6ccccc65)ccc3n4-c3ccccc3)c3cccc4c3sc3ccccc34)cc2)cc1. The molecule has 0 unspecified atom stereocenters. The lowest BCUT2D eigenvalue weighted by Gasteiger charge is -2.34. The number of rotatable bonds is 7. The van der Waals surface area contributed by atoms with Gasteiger partial charge < -0.3 is 9.47 Å². The number of aromatic nitrogens is 1. The van der Waals surface area contributed by atoms with Crippen LogP contribution in [0.3, 0.4) is 0 Å². The van der Waals surface area contributed by atoms with Crippen molar-refractivity contribution in [3.05, 3.63) is 265 Å². The summed E-state index contributed by atoms with van der Waals surface area (Å²) in [7, 11) is 0. The Morgan fingerprint density at radius 2 is 0.938 bits per heavy atom. The van der Waals surface area contributed by atoms with Crippen molar-refractivity contribution in [2.75, 3.05) is 4.90 Å². The smallest absolute Gasteiger partial charge is 0.0713 e. The molecule has 1 aliphatic carbocycles. The molecule has 0 N–H and O–H groups in total. The van der Waals surface area contributed by atoms with Gasteiger partial charge in [-0.1, -0.05) is 176 Å². The lowest BCUT2D eigenvalue weighted by molar-refractivity contribution is 0.770. The third-order valence-corrected chi connectivity index (χ3v) is 14.7. The largest absolute Gasteiger partial charge is 0.309 e. The minimum absolute atomic E-state index is 0.509. The minimum Gasteiger partial charge on any atom is -0.309 e. The fourth-order valence-corrected chi connectivity index (χ4v) is 11.9. The van der Waals surface area contributed by atoms with Gasteiger partial charge in [-0.2, -0.15) is 0 Å². The van der Waals surface area contributed by atoms with E-state index in [2.05, 4.69) is 252 Å². The molecule has 2 heterocycles.